The summed E-state index contributed by atoms with van der Waals surface area (Å²) in [6, 6.07) is 9.45. The van der Waals surface area contributed by atoms with Crippen molar-refractivity contribution in [3.05, 3.63) is 58.5 Å². The highest BCUT2D eigenvalue weighted by Gasteiger charge is 2.17. The number of halogens is 1. The first-order valence-corrected chi connectivity index (χ1v) is 8.89. The van der Waals surface area contributed by atoms with Gasteiger partial charge in [-0.15, -0.1) is 0 Å². The Hall–Kier alpha value is -2.60. The average Bonchev–Trinajstić information content (AvgIpc) is 3.15. The molecule has 1 amide bonds. The molecule has 136 valence electrons. The van der Waals surface area contributed by atoms with Gasteiger partial charge in [-0.25, -0.2) is 9.36 Å². The Morgan fingerprint density at radius 3 is 2.54 bits per heavy atom. The highest BCUT2D eigenvalue weighted by atomic mass is 35.5. The summed E-state index contributed by atoms with van der Waals surface area (Å²) in [5, 5.41) is 12.4. The van der Waals surface area contributed by atoms with Crippen molar-refractivity contribution >= 4 is 23.3 Å². The van der Waals surface area contributed by atoms with Crippen LogP contribution in [0, 0.1) is 13.8 Å². The van der Waals surface area contributed by atoms with Crippen molar-refractivity contribution in [1.82, 2.24) is 19.6 Å². The van der Waals surface area contributed by atoms with Crippen LogP contribution in [0.4, 0.5) is 5.82 Å². The molecule has 0 aliphatic carbocycles. The predicted octanol–water partition coefficient (Wildman–Crippen LogP) is 4.10. The fraction of sp³-hybridized carbons (Fsp3) is 0.316. The Bertz CT molecular complexity index is 924. The van der Waals surface area contributed by atoms with Crippen LogP contribution in [0.5, 0.6) is 0 Å². The van der Waals surface area contributed by atoms with E-state index in [0.29, 0.717) is 10.8 Å². The molecule has 3 rings (SSSR count). The quantitative estimate of drug-likeness (QED) is 0.734. The summed E-state index contributed by atoms with van der Waals surface area (Å²) in [7, 11) is 0. The minimum atomic E-state index is -0.0887. The van der Waals surface area contributed by atoms with Crippen LogP contribution >= 0.6 is 11.6 Å². The number of carbonyl (C=O) groups is 1. The van der Waals surface area contributed by atoms with Gasteiger partial charge < -0.3 is 5.32 Å². The zero-order valence-electron chi connectivity index (χ0n) is 15.3. The van der Waals surface area contributed by atoms with Crippen LogP contribution in [-0.4, -0.2) is 25.5 Å². The van der Waals surface area contributed by atoms with E-state index in [1.165, 1.54) is 0 Å². The van der Waals surface area contributed by atoms with E-state index in [-0.39, 0.29) is 18.4 Å². The van der Waals surface area contributed by atoms with Gasteiger partial charge in [-0.05, 0) is 52.0 Å². The van der Waals surface area contributed by atoms with Crippen molar-refractivity contribution in [3.63, 3.8) is 0 Å². The number of nitrogens with one attached hydrogen (secondary N) is 1. The first kappa shape index (κ1) is 18.2. The van der Waals surface area contributed by atoms with Gasteiger partial charge in [0, 0.05) is 28.4 Å². The third kappa shape index (κ3) is 3.65. The molecule has 0 unspecified atom stereocenters. The number of carbonyl (C=O) groups excluding carboxylic acids is 1. The maximum absolute atomic E-state index is 12.5. The van der Waals surface area contributed by atoms with E-state index in [9.17, 15) is 4.79 Å². The van der Waals surface area contributed by atoms with Gasteiger partial charge in [-0.1, -0.05) is 11.6 Å². The smallest absolute Gasteiger partial charge is 0.230 e. The van der Waals surface area contributed by atoms with Crippen LogP contribution in [-0.2, 0) is 11.2 Å². The van der Waals surface area contributed by atoms with Crippen molar-refractivity contribution in [3.8, 4) is 5.69 Å². The van der Waals surface area contributed by atoms with Crippen LogP contribution in [0.2, 0.25) is 5.02 Å². The molecule has 1 N–H and O–H groups in total. The third-order valence-electron chi connectivity index (χ3n) is 4.28. The number of amides is 1. The van der Waals surface area contributed by atoms with E-state index in [1.807, 2.05) is 56.6 Å². The zero-order chi connectivity index (χ0) is 18.8. The molecule has 6 nitrogen and oxygen atoms in total. The largest absolute Gasteiger partial charge is 0.311 e. The summed E-state index contributed by atoms with van der Waals surface area (Å²) in [5.74, 6) is 0.611. The van der Waals surface area contributed by atoms with Crippen LogP contribution in [0.25, 0.3) is 5.69 Å². The normalized spacial score (nSPS) is 11.2. The summed E-state index contributed by atoms with van der Waals surface area (Å²) in [5.41, 5.74) is 3.62. The summed E-state index contributed by atoms with van der Waals surface area (Å²) in [6.45, 7) is 7.93. The van der Waals surface area contributed by atoms with E-state index >= 15 is 0 Å². The monoisotopic (exact) mass is 371 g/mol. The van der Waals surface area contributed by atoms with Crippen molar-refractivity contribution < 1.29 is 4.79 Å². The summed E-state index contributed by atoms with van der Waals surface area (Å²) in [4.78, 5) is 12.5. The van der Waals surface area contributed by atoms with E-state index in [1.54, 1.807) is 16.9 Å². The fourth-order valence-corrected chi connectivity index (χ4v) is 3.06. The topological polar surface area (TPSA) is 64.7 Å². The maximum atomic E-state index is 12.5. The molecule has 7 heteroatoms. The van der Waals surface area contributed by atoms with Crippen LogP contribution in [0.1, 0.15) is 36.8 Å². The molecule has 0 spiro atoms. The van der Waals surface area contributed by atoms with Gasteiger partial charge in [-0.2, -0.15) is 10.2 Å². The molecule has 0 saturated carbocycles. The van der Waals surface area contributed by atoms with Crippen LogP contribution in [0.3, 0.4) is 0 Å². The Morgan fingerprint density at radius 2 is 1.88 bits per heavy atom. The minimum Gasteiger partial charge on any atom is -0.311 e. The molecule has 3 aromatic rings. The predicted molar refractivity (Wildman–Crippen MR) is 103 cm³/mol. The Balaban J connectivity index is 1.80. The number of anilines is 1. The Labute approximate surface area is 157 Å². The van der Waals surface area contributed by atoms with Gasteiger partial charge in [-0.3, -0.25) is 4.79 Å². The van der Waals surface area contributed by atoms with Gasteiger partial charge in [0.05, 0.1) is 24.0 Å². The van der Waals surface area contributed by atoms with Gasteiger partial charge >= 0.3 is 0 Å². The maximum Gasteiger partial charge on any atom is 0.230 e. The van der Waals surface area contributed by atoms with Crippen molar-refractivity contribution in [2.24, 2.45) is 0 Å². The number of benzene rings is 1. The molecule has 0 aliphatic rings. The fourth-order valence-electron chi connectivity index (χ4n) is 2.94. The number of aryl methyl sites for hydroxylation is 1. The minimum absolute atomic E-state index is 0.0887. The summed E-state index contributed by atoms with van der Waals surface area (Å²) >= 11 is 5.96. The van der Waals surface area contributed by atoms with E-state index < -0.39 is 0 Å². The van der Waals surface area contributed by atoms with Crippen molar-refractivity contribution in [2.75, 3.05) is 5.32 Å². The first-order valence-electron chi connectivity index (χ1n) is 8.51. The molecule has 0 fully saturated rings. The number of hydrogen-bond donors (Lipinski definition) is 1. The first-order chi connectivity index (χ1) is 12.4. The molecule has 1 aromatic carbocycles. The number of aromatic nitrogens is 4. The van der Waals surface area contributed by atoms with E-state index in [2.05, 4.69) is 15.5 Å². The molecule has 0 saturated heterocycles. The molecular weight excluding hydrogens is 350 g/mol. The molecule has 0 radical (unpaired) electrons. The lowest BCUT2D eigenvalue weighted by Crippen LogP contribution is -2.19. The Kier molecular flexibility index (Phi) is 5.13. The van der Waals surface area contributed by atoms with Crippen LogP contribution < -0.4 is 5.32 Å². The number of nitrogens with zero attached hydrogens (tertiary/aromatic N) is 4. The lowest BCUT2D eigenvalue weighted by Gasteiger charge is -2.12. The summed E-state index contributed by atoms with van der Waals surface area (Å²) in [6.07, 6.45) is 1.94. The van der Waals surface area contributed by atoms with E-state index in [4.69, 9.17) is 11.6 Å². The van der Waals surface area contributed by atoms with Crippen molar-refractivity contribution in [1.29, 1.82) is 0 Å². The molecular formula is C19H22ClN5O. The van der Waals surface area contributed by atoms with E-state index in [0.717, 1.165) is 22.6 Å². The van der Waals surface area contributed by atoms with Gasteiger partial charge in [0.15, 0.2) is 0 Å². The van der Waals surface area contributed by atoms with Gasteiger partial charge in [0.2, 0.25) is 5.91 Å². The average molecular weight is 372 g/mol. The zero-order valence-corrected chi connectivity index (χ0v) is 16.1. The van der Waals surface area contributed by atoms with Crippen LogP contribution in [0.15, 0.2) is 36.5 Å². The Morgan fingerprint density at radius 1 is 1.19 bits per heavy atom. The molecule has 2 aromatic heterocycles. The van der Waals surface area contributed by atoms with Gasteiger partial charge in [0.25, 0.3) is 0 Å². The molecule has 0 atom stereocenters. The number of rotatable bonds is 5. The van der Waals surface area contributed by atoms with Gasteiger partial charge in [0.1, 0.15) is 5.82 Å². The lowest BCUT2D eigenvalue weighted by atomic mass is 10.1. The highest BCUT2D eigenvalue weighted by molar-refractivity contribution is 6.30. The SMILES string of the molecule is Cc1nn(-c2ccc(Cl)cc2)c(C)c1CC(=O)Nc1ccnn1C(C)C. The van der Waals surface area contributed by atoms with Crippen molar-refractivity contribution in [2.45, 2.75) is 40.2 Å². The number of hydrogen-bond acceptors (Lipinski definition) is 3. The molecule has 2 heterocycles. The molecule has 26 heavy (non-hydrogen) atoms. The second kappa shape index (κ2) is 7.33. The summed E-state index contributed by atoms with van der Waals surface area (Å²) < 4.78 is 3.63. The third-order valence-corrected chi connectivity index (χ3v) is 4.53. The molecule has 0 aliphatic heterocycles. The second-order valence-corrected chi connectivity index (χ2v) is 6.95. The lowest BCUT2D eigenvalue weighted by molar-refractivity contribution is -0.115. The highest BCUT2D eigenvalue weighted by Crippen LogP contribution is 2.21. The second-order valence-electron chi connectivity index (χ2n) is 6.52. The molecule has 0 bridgehead atoms. The standard InChI is InChI=1S/C19H22ClN5O/c1-12(2)24-18(9-10-21-24)22-19(26)11-17-13(3)23-25(14(17)4)16-7-5-15(20)6-8-16/h5-10,12H,11H2,1-4H3,(H,22,26).